The largest absolute Gasteiger partial charge is 0.383 e. The normalized spacial score (nSPS) is 20.8. The second-order valence-electron chi connectivity index (χ2n) is 6.27. The summed E-state index contributed by atoms with van der Waals surface area (Å²) < 4.78 is 35.3. The SMILES string of the molecule is COCC1(CNS(=O)(=O)c2ccccc2Cn2cncn2)CCCN1. The molecule has 1 aromatic heterocycles. The molecule has 1 fully saturated rings. The van der Waals surface area contributed by atoms with Crippen molar-refractivity contribution >= 4 is 10.0 Å². The smallest absolute Gasteiger partial charge is 0.240 e. The van der Waals surface area contributed by atoms with E-state index in [-0.39, 0.29) is 10.4 Å². The molecule has 1 atom stereocenters. The van der Waals surface area contributed by atoms with Gasteiger partial charge in [-0.25, -0.2) is 22.8 Å². The van der Waals surface area contributed by atoms with Gasteiger partial charge in [0.1, 0.15) is 12.7 Å². The van der Waals surface area contributed by atoms with Crippen molar-refractivity contribution in [2.45, 2.75) is 29.8 Å². The van der Waals surface area contributed by atoms with E-state index in [9.17, 15) is 8.42 Å². The Bertz CT molecular complexity index is 786. The molecule has 9 heteroatoms. The highest BCUT2D eigenvalue weighted by Gasteiger charge is 2.35. The first kappa shape index (κ1) is 18.0. The fraction of sp³-hybridized carbons (Fsp3) is 0.500. The van der Waals surface area contributed by atoms with E-state index in [2.05, 4.69) is 20.1 Å². The Morgan fingerprint density at radius 3 is 2.92 bits per heavy atom. The minimum atomic E-state index is -3.65. The van der Waals surface area contributed by atoms with E-state index in [1.807, 2.05) is 6.07 Å². The van der Waals surface area contributed by atoms with Crippen molar-refractivity contribution in [2.75, 3.05) is 26.8 Å². The van der Waals surface area contributed by atoms with Crippen molar-refractivity contribution in [3.05, 3.63) is 42.5 Å². The molecule has 0 aliphatic carbocycles. The number of hydrogen-bond donors (Lipinski definition) is 2. The number of methoxy groups -OCH3 is 1. The molecule has 136 valence electrons. The first-order valence-corrected chi connectivity index (χ1v) is 9.67. The highest BCUT2D eigenvalue weighted by molar-refractivity contribution is 7.89. The van der Waals surface area contributed by atoms with Gasteiger partial charge in [0, 0.05) is 13.7 Å². The van der Waals surface area contributed by atoms with E-state index >= 15 is 0 Å². The molecule has 0 saturated carbocycles. The maximum atomic E-state index is 12.9. The van der Waals surface area contributed by atoms with Crippen LogP contribution in [0.25, 0.3) is 0 Å². The first-order chi connectivity index (χ1) is 12.0. The Morgan fingerprint density at radius 1 is 1.40 bits per heavy atom. The van der Waals surface area contributed by atoms with Crippen LogP contribution in [0.2, 0.25) is 0 Å². The second kappa shape index (κ2) is 7.61. The van der Waals surface area contributed by atoms with Gasteiger partial charge in [0.05, 0.1) is 23.6 Å². The van der Waals surface area contributed by atoms with E-state index in [0.717, 1.165) is 19.4 Å². The van der Waals surface area contributed by atoms with Gasteiger partial charge in [-0.1, -0.05) is 18.2 Å². The molecule has 0 amide bonds. The third-order valence-electron chi connectivity index (χ3n) is 4.41. The average molecular weight is 365 g/mol. The van der Waals surface area contributed by atoms with Crippen molar-refractivity contribution in [2.24, 2.45) is 0 Å². The highest BCUT2D eigenvalue weighted by Crippen LogP contribution is 2.21. The third kappa shape index (κ3) is 4.24. The average Bonchev–Trinajstić information content (AvgIpc) is 3.27. The number of aromatic nitrogens is 3. The first-order valence-electron chi connectivity index (χ1n) is 8.19. The minimum absolute atomic E-state index is 0.260. The third-order valence-corrected chi connectivity index (χ3v) is 5.92. The maximum absolute atomic E-state index is 12.9. The predicted octanol–water partition coefficient (Wildman–Crippen LogP) is 0.373. The van der Waals surface area contributed by atoms with Crippen LogP contribution in [0.15, 0.2) is 41.8 Å². The summed E-state index contributed by atoms with van der Waals surface area (Å²) in [5, 5.41) is 7.41. The Labute approximate surface area is 147 Å². The predicted molar refractivity (Wildman–Crippen MR) is 92.6 cm³/mol. The van der Waals surface area contributed by atoms with Gasteiger partial charge in [-0.15, -0.1) is 0 Å². The lowest BCUT2D eigenvalue weighted by molar-refractivity contribution is 0.122. The molecule has 0 bridgehead atoms. The summed E-state index contributed by atoms with van der Waals surface area (Å²) in [7, 11) is -2.02. The number of benzene rings is 1. The van der Waals surface area contributed by atoms with Gasteiger partial charge < -0.3 is 10.1 Å². The molecule has 8 nitrogen and oxygen atoms in total. The molecule has 2 aromatic rings. The van der Waals surface area contributed by atoms with Crippen molar-refractivity contribution < 1.29 is 13.2 Å². The lowest BCUT2D eigenvalue weighted by atomic mass is 9.99. The molecule has 1 aliphatic heterocycles. The van der Waals surface area contributed by atoms with E-state index in [4.69, 9.17) is 4.74 Å². The molecule has 0 spiro atoms. The number of nitrogens with one attached hydrogen (secondary N) is 2. The van der Waals surface area contributed by atoms with Crippen LogP contribution in [0.5, 0.6) is 0 Å². The molecule has 1 aromatic carbocycles. The summed E-state index contributed by atoms with van der Waals surface area (Å²) in [6, 6.07) is 6.93. The lowest BCUT2D eigenvalue weighted by Gasteiger charge is -2.29. The zero-order chi connectivity index (χ0) is 17.8. The van der Waals surface area contributed by atoms with Crippen LogP contribution in [-0.4, -0.2) is 55.5 Å². The van der Waals surface area contributed by atoms with Crippen LogP contribution in [0, 0.1) is 0 Å². The summed E-state index contributed by atoms with van der Waals surface area (Å²) in [6.07, 6.45) is 4.88. The minimum Gasteiger partial charge on any atom is -0.383 e. The van der Waals surface area contributed by atoms with Crippen LogP contribution < -0.4 is 10.0 Å². The van der Waals surface area contributed by atoms with E-state index in [1.165, 1.54) is 6.33 Å². The summed E-state index contributed by atoms with van der Waals surface area (Å²) >= 11 is 0. The standard InChI is InChI=1S/C16H23N5O3S/c1-24-11-16(7-4-8-18-16)10-20-25(22,23)15-6-3-2-5-14(15)9-21-13-17-12-19-21/h2-3,5-6,12-13,18,20H,4,7-11H2,1H3. The molecule has 2 N–H and O–H groups in total. The van der Waals surface area contributed by atoms with Gasteiger partial charge in [-0.3, -0.25) is 0 Å². The quantitative estimate of drug-likeness (QED) is 0.702. The van der Waals surface area contributed by atoms with Gasteiger partial charge in [-0.05, 0) is 31.0 Å². The molecular weight excluding hydrogens is 342 g/mol. The van der Waals surface area contributed by atoms with E-state index in [1.54, 1.807) is 36.3 Å². The molecule has 0 radical (unpaired) electrons. The number of nitrogens with zero attached hydrogens (tertiary/aromatic N) is 3. The number of rotatable bonds is 8. The fourth-order valence-corrected chi connectivity index (χ4v) is 4.52. The van der Waals surface area contributed by atoms with Crippen molar-refractivity contribution in [3.8, 4) is 0 Å². The van der Waals surface area contributed by atoms with Crippen LogP contribution in [0.1, 0.15) is 18.4 Å². The molecule has 1 saturated heterocycles. The van der Waals surface area contributed by atoms with Crippen LogP contribution in [-0.2, 0) is 21.3 Å². The Hall–Kier alpha value is -1.81. The zero-order valence-electron chi connectivity index (χ0n) is 14.2. The van der Waals surface area contributed by atoms with Gasteiger partial charge >= 0.3 is 0 Å². The molecule has 1 unspecified atom stereocenters. The Kier molecular flexibility index (Phi) is 5.48. The van der Waals surface area contributed by atoms with Crippen molar-refractivity contribution in [1.29, 1.82) is 0 Å². The number of ether oxygens (including phenoxy) is 1. The zero-order valence-corrected chi connectivity index (χ0v) is 15.0. The Balaban J connectivity index is 1.78. The van der Waals surface area contributed by atoms with Crippen molar-refractivity contribution in [3.63, 3.8) is 0 Å². The molecule has 25 heavy (non-hydrogen) atoms. The van der Waals surface area contributed by atoms with Crippen molar-refractivity contribution in [1.82, 2.24) is 24.8 Å². The highest BCUT2D eigenvalue weighted by atomic mass is 32.2. The molecule has 2 heterocycles. The second-order valence-corrected chi connectivity index (χ2v) is 8.00. The van der Waals surface area contributed by atoms with E-state index in [0.29, 0.717) is 25.3 Å². The summed E-state index contributed by atoms with van der Waals surface area (Å²) in [6.45, 7) is 1.98. The number of hydrogen-bond acceptors (Lipinski definition) is 6. The Morgan fingerprint density at radius 2 is 2.24 bits per heavy atom. The number of sulfonamides is 1. The fourth-order valence-electron chi connectivity index (χ4n) is 3.17. The topological polar surface area (TPSA) is 98.1 Å². The van der Waals surface area contributed by atoms with Gasteiger partial charge in [0.25, 0.3) is 0 Å². The maximum Gasteiger partial charge on any atom is 0.240 e. The van der Waals surface area contributed by atoms with Gasteiger partial charge in [-0.2, -0.15) is 5.10 Å². The van der Waals surface area contributed by atoms with Gasteiger partial charge in [0.2, 0.25) is 10.0 Å². The summed E-state index contributed by atoms with van der Waals surface area (Å²) in [5.74, 6) is 0. The van der Waals surface area contributed by atoms with Crippen LogP contribution in [0.4, 0.5) is 0 Å². The van der Waals surface area contributed by atoms with E-state index < -0.39 is 10.0 Å². The molecule has 3 rings (SSSR count). The van der Waals surface area contributed by atoms with Crippen LogP contribution >= 0.6 is 0 Å². The lowest BCUT2D eigenvalue weighted by Crippen LogP contribution is -2.52. The monoisotopic (exact) mass is 365 g/mol. The van der Waals surface area contributed by atoms with Crippen LogP contribution in [0.3, 0.4) is 0 Å². The molecule has 1 aliphatic rings. The summed E-state index contributed by atoms with van der Waals surface area (Å²) in [4.78, 5) is 4.15. The molecular formula is C16H23N5O3S. The summed E-state index contributed by atoms with van der Waals surface area (Å²) in [5.41, 5.74) is 0.323. The van der Waals surface area contributed by atoms with Gasteiger partial charge in [0.15, 0.2) is 0 Å².